The largest absolute Gasteiger partial charge is 0.346 e. The van der Waals surface area contributed by atoms with E-state index in [1.54, 1.807) is 20.8 Å². The molecule has 0 amide bonds. The Morgan fingerprint density at radius 3 is 0.571 bits per heavy atom. The topological polar surface area (TPSA) is 0 Å². The summed E-state index contributed by atoms with van der Waals surface area (Å²) in [5.41, 5.74) is 0. The summed E-state index contributed by atoms with van der Waals surface area (Å²) in [4.78, 5) is 0. The first-order chi connectivity index (χ1) is 3.00. The van der Waals surface area contributed by atoms with Gasteiger partial charge in [0.1, 0.15) is 0 Å². The summed E-state index contributed by atoms with van der Waals surface area (Å²) in [6, 6.07) is 0. The quantitative estimate of drug-likeness (QED) is 0.368. The Morgan fingerprint density at radius 1 is 0.571 bits per heavy atom. The summed E-state index contributed by atoms with van der Waals surface area (Å²) in [6.45, 7) is 15.0. The van der Waals surface area contributed by atoms with Crippen LogP contribution >= 0.6 is 0 Å². The van der Waals surface area contributed by atoms with Crippen molar-refractivity contribution >= 4 is 0 Å². The molecular formula is C6H15Cu-3. The van der Waals surface area contributed by atoms with E-state index in [0.717, 1.165) is 0 Å². The van der Waals surface area contributed by atoms with E-state index < -0.39 is 0 Å². The molecule has 0 nitrogen and oxygen atoms in total. The van der Waals surface area contributed by atoms with Crippen LogP contribution < -0.4 is 0 Å². The summed E-state index contributed by atoms with van der Waals surface area (Å²) in [6.07, 6.45) is 0. The van der Waals surface area contributed by atoms with Crippen molar-refractivity contribution in [3.8, 4) is 0 Å². The second kappa shape index (κ2) is 736. The van der Waals surface area contributed by atoms with Gasteiger partial charge in [-0.05, 0) is 0 Å². The van der Waals surface area contributed by atoms with E-state index in [0.29, 0.717) is 0 Å². The van der Waals surface area contributed by atoms with E-state index in [4.69, 9.17) is 0 Å². The van der Waals surface area contributed by atoms with Gasteiger partial charge < -0.3 is 20.8 Å². The number of rotatable bonds is 0. The van der Waals surface area contributed by atoms with Gasteiger partial charge in [-0.2, -0.15) is 20.8 Å². The third-order valence-corrected chi connectivity index (χ3v) is 0. The number of hydrogen-bond donors (Lipinski definition) is 0. The van der Waals surface area contributed by atoms with E-state index >= 15 is 0 Å². The molecule has 0 N–H and O–H groups in total. The van der Waals surface area contributed by atoms with Crippen LogP contribution in [0, 0.1) is 20.8 Å². The molecule has 0 heterocycles. The summed E-state index contributed by atoms with van der Waals surface area (Å²) in [7, 11) is 0. The molecule has 0 aromatic carbocycles. The zero-order valence-corrected chi connectivity index (χ0v) is 6.36. The van der Waals surface area contributed by atoms with Crippen molar-refractivity contribution in [3.05, 3.63) is 20.8 Å². The smallest absolute Gasteiger partial charge is 0 e. The third-order valence-electron chi connectivity index (χ3n) is 0. The van der Waals surface area contributed by atoms with Crippen molar-refractivity contribution < 1.29 is 17.1 Å². The number of hydrogen-bond acceptors (Lipinski definition) is 0. The maximum absolute atomic E-state index is 3.25. The van der Waals surface area contributed by atoms with Gasteiger partial charge in [0.25, 0.3) is 0 Å². The first kappa shape index (κ1) is 25.8. The Kier molecular flexibility index (Phi) is 2710. The van der Waals surface area contributed by atoms with Crippen molar-refractivity contribution in [2.75, 3.05) is 0 Å². The van der Waals surface area contributed by atoms with E-state index in [-0.39, 0.29) is 17.1 Å². The average Bonchev–Trinajstić information content (AvgIpc) is 1.81. The molecule has 7 heavy (non-hydrogen) atoms. The molecule has 0 fully saturated rings. The molecule has 0 bridgehead atoms. The fraction of sp³-hybridized carbons (Fsp3) is 0.500. The predicted molar refractivity (Wildman–Crippen MR) is 33.1 cm³/mol. The van der Waals surface area contributed by atoms with Crippen molar-refractivity contribution in [1.29, 1.82) is 0 Å². The van der Waals surface area contributed by atoms with Crippen LogP contribution in [0.1, 0.15) is 20.8 Å². The fourth-order valence-electron chi connectivity index (χ4n) is 0. The molecule has 0 spiro atoms. The molecule has 0 aliphatic heterocycles. The maximum atomic E-state index is 3.25. The van der Waals surface area contributed by atoms with Crippen LogP contribution in [0.15, 0.2) is 0 Å². The zero-order chi connectivity index (χ0) is 6.00. The molecule has 1 radical (unpaired) electrons. The Bertz CT molecular complexity index is 4.14. The molecule has 0 aromatic heterocycles. The van der Waals surface area contributed by atoms with Crippen LogP contribution in [-0.4, -0.2) is 0 Å². The predicted octanol–water partition coefficient (Wildman–Crippen LogP) is 2.52. The second-order valence-corrected chi connectivity index (χ2v) is 0. The summed E-state index contributed by atoms with van der Waals surface area (Å²) >= 11 is 0. The van der Waals surface area contributed by atoms with Crippen molar-refractivity contribution in [2.45, 2.75) is 20.8 Å². The SMILES string of the molecule is [CH2-]C.[CH2-]C.[CH2-]C.[Cu]. The Balaban J connectivity index is -0.00000000900. The molecule has 53 valence electrons. The molecule has 0 rings (SSSR count). The van der Waals surface area contributed by atoms with Gasteiger partial charge in [-0.3, -0.25) is 0 Å². The van der Waals surface area contributed by atoms with Crippen LogP contribution in [0.5, 0.6) is 0 Å². The van der Waals surface area contributed by atoms with Crippen molar-refractivity contribution in [3.63, 3.8) is 0 Å². The van der Waals surface area contributed by atoms with Crippen molar-refractivity contribution in [2.24, 2.45) is 0 Å². The third kappa shape index (κ3) is 493. The van der Waals surface area contributed by atoms with E-state index in [1.807, 2.05) is 0 Å². The minimum Gasteiger partial charge on any atom is -0.346 e. The van der Waals surface area contributed by atoms with Crippen LogP contribution in [-0.2, 0) is 17.1 Å². The molecular weight excluding hydrogens is 136 g/mol. The average molecular weight is 151 g/mol. The minimum absolute atomic E-state index is 0. The molecule has 0 atom stereocenters. The molecule has 0 saturated heterocycles. The van der Waals surface area contributed by atoms with Gasteiger partial charge >= 0.3 is 0 Å². The first-order valence-corrected chi connectivity index (χ1v) is 2.12. The summed E-state index contributed by atoms with van der Waals surface area (Å²) in [5, 5.41) is 0. The van der Waals surface area contributed by atoms with Crippen LogP contribution in [0.25, 0.3) is 0 Å². The molecule has 0 aliphatic carbocycles. The van der Waals surface area contributed by atoms with Crippen molar-refractivity contribution in [1.82, 2.24) is 0 Å². The second-order valence-electron chi connectivity index (χ2n) is 0. The molecule has 0 unspecified atom stereocenters. The summed E-state index contributed by atoms with van der Waals surface area (Å²) in [5.74, 6) is 0. The van der Waals surface area contributed by atoms with Gasteiger partial charge in [-0.25, -0.2) is 0 Å². The molecule has 0 saturated carbocycles. The van der Waals surface area contributed by atoms with Gasteiger partial charge in [0, 0.05) is 17.1 Å². The monoisotopic (exact) mass is 150 g/mol. The molecule has 0 aliphatic rings. The van der Waals surface area contributed by atoms with Gasteiger partial charge in [-0.15, -0.1) is 0 Å². The first-order valence-electron chi connectivity index (χ1n) is 2.12. The molecule has 0 aromatic rings. The van der Waals surface area contributed by atoms with Crippen LogP contribution in [0.4, 0.5) is 0 Å². The standard InChI is InChI=1S/3C2H5.Cu/c3*1-2;/h3*1H2,2H3;/q3*-1;. The minimum atomic E-state index is 0. The van der Waals surface area contributed by atoms with Gasteiger partial charge in [-0.1, -0.05) is 0 Å². The van der Waals surface area contributed by atoms with Gasteiger partial charge in [0.2, 0.25) is 0 Å². The van der Waals surface area contributed by atoms with Crippen LogP contribution in [0.2, 0.25) is 0 Å². The Labute approximate surface area is 59.2 Å². The van der Waals surface area contributed by atoms with Gasteiger partial charge in [0.15, 0.2) is 0 Å². The Morgan fingerprint density at radius 2 is 0.571 bits per heavy atom. The Hall–Kier alpha value is 0.519. The van der Waals surface area contributed by atoms with Crippen LogP contribution in [0.3, 0.4) is 0 Å². The normalized spacial score (nSPS) is 2.57. The zero-order valence-electron chi connectivity index (χ0n) is 5.42. The fourth-order valence-corrected chi connectivity index (χ4v) is 0. The maximum Gasteiger partial charge on any atom is 0 e. The van der Waals surface area contributed by atoms with Gasteiger partial charge in [0.05, 0.1) is 0 Å². The van der Waals surface area contributed by atoms with E-state index in [9.17, 15) is 0 Å². The summed E-state index contributed by atoms with van der Waals surface area (Å²) < 4.78 is 0. The van der Waals surface area contributed by atoms with E-state index in [1.165, 1.54) is 0 Å². The van der Waals surface area contributed by atoms with E-state index in [2.05, 4.69) is 20.8 Å². The molecule has 1 heteroatoms.